The van der Waals surface area contributed by atoms with Crippen LogP contribution in [0.4, 0.5) is 5.69 Å². The Hall–Kier alpha value is -2.79. The van der Waals surface area contributed by atoms with Crippen molar-refractivity contribution in [2.45, 2.75) is 51.0 Å². The Morgan fingerprint density at radius 2 is 1.94 bits per heavy atom. The number of esters is 1. The third-order valence-electron chi connectivity index (χ3n) is 6.61. The van der Waals surface area contributed by atoms with Gasteiger partial charge in [-0.3, -0.25) is 4.79 Å². The average molecular weight is 437 g/mol. The van der Waals surface area contributed by atoms with Crippen LogP contribution < -0.4 is 5.32 Å². The monoisotopic (exact) mass is 436 g/mol. The molecule has 1 N–H and O–H groups in total. The Labute approximate surface area is 186 Å². The zero-order chi connectivity index (χ0) is 21.5. The number of methoxy groups -OCH3 is 1. The van der Waals surface area contributed by atoms with Crippen molar-refractivity contribution in [1.82, 2.24) is 4.57 Å². The number of carbonyl (C=O) groups excluding carboxylic acids is 2. The highest BCUT2D eigenvalue weighted by molar-refractivity contribution is 6.31. The summed E-state index contributed by atoms with van der Waals surface area (Å²) in [5, 5.41) is 4.80. The molecule has 160 valence electrons. The zero-order valence-electron chi connectivity index (χ0n) is 17.5. The maximum absolute atomic E-state index is 12.5. The van der Waals surface area contributed by atoms with Crippen LogP contribution in [-0.2, 0) is 16.1 Å². The van der Waals surface area contributed by atoms with Crippen molar-refractivity contribution in [3.8, 4) is 11.3 Å². The standard InChI is InChI=1S/C25H25ClN2O3/c1-31-25(30)16-7-9-19-21(13-16)28-12-11-22(29)27-20-14-17(26)8-10-18(20)24(28)23(19)15-5-3-2-4-6-15/h7-10,13-15H,2-6,11-12H2,1H3,(H,27,29). The zero-order valence-corrected chi connectivity index (χ0v) is 18.3. The van der Waals surface area contributed by atoms with Crippen molar-refractivity contribution in [3.63, 3.8) is 0 Å². The van der Waals surface area contributed by atoms with Crippen LogP contribution in [0, 0.1) is 0 Å². The van der Waals surface area contributed by atoms with Crippen LogP contribution in [0.25, 0.3) is 22.2 Å². The van der Waals surface area contributed by atoms with E-state index < -0.39 is 0 Å². The predicted octanol–water partition coefficient (Wildman–Crippen LogP) is 6.14. The van der Waals surface area contributed by atoms with Gasteiger partial charge in [0.05, 0.1) is 24.1 Å². The second-order valence-electron chi connectivity index (χ2n) is 8.46. The highest BCUT2D eigenvalue weighted by Gasteiger charge is 2.29. The first-order chi connectivity index (χ1) is 15.1. The second kappa shape index (κ2) is 8.04. The van der Waals surface area contributed by atoms with E-state index in [1.54, 1.807) is 0 Å². The van der Waals surface area contributed by atoms with E-state index in [2.05, 4.69) is 9.88 Å². The topological polar surface area (TPSA) is 60.3 Å². The lowest BCUT2D eigenvalue weighted by molar-refractivity contribution is -0.116. The summed E-state index contributed by atoms with van der Waals surface area (Å²) in [5.74, 6) is 0.0573. The number of halogens is 1. The highest BCUT2D eigenvalue weighted by Crippen LogP contribution is 2.46. The second-order valence-corrected chi connectivity index (χ2v) is 8.90. The maximum atomic E-state index is 12.5. The number of carbonyl (C=O) groups is 2. The van der Waals surface area contributed by atoms with Crippen molar-refractivity contribution in [2.75, 3.05) is 12.4 Å². The smallest absolute Gasteiger partial charge is 0.337 e. The molecular weight excluding hydrogens is 412 g/mol. The van der Waals surface area contributed by atoms with Crippen LogP contribution in [0.1, 0.15) is 60.4 Å². The summed E-state index contributed by atoms with van der Waals surface area (Å²) in [5.41, 5.74) is 5.68. The lowest BCUT2D eigenvalue weighted by Gasteiger charge is -2.25. The summed E-state index contributed by atoms with van der Waals surface area (Å²) in [6, 6.07) is 11.5. The van der Waals surface area contributed by atoms with Gasteiger partial charge in [-0.15, -0.1) is 0 Å². The van der Waals surface area contributed by atoms with E-state index >= 15 is 0 Å². The summed E-state index contributed by atoms with van der Waals surface area (Å²) in [6.07, 6.45) is 6.39. The fourth-order valence-electron chi connectivity index (χ4n) is 5.20. The SMILES string of the molecule is COC(=O)c1ccc2c(C3CCCCC3)c3n(c2c1)CCC(=O)Nc1cc(Cl)ccc1-3. The van der Waals surface area contributed by atoms with Gasteiger partial charge in [0.15, 0.2) is 0 Å². The number of fused-ring (bicyclic) bond motifs is 5. The molecule has 2 heterocycles. The Bertz CT molecular complexity index is 1190. The number of aromatic nitrogens is 1. The van der Waals surface area contributed by atoms with Gasteiger partial charge in [-0.1, -0.05) is 36.9 Å². The third-order valence-corrected chi connectivity index (χ3v) is 6.85. The van der Waals surface area contributed by atoms with Gasteiger partial charge in [0.2, 0.25) is 5.91 Å². The van der Waals surface area contributed by atoms with Gasteiger partial charge < -0.3 is 14.6 Å². The molecule has 5 rings (SSSR count). The van der Waals surface area contributed by atoms with Gasteiger partial charge in [0, 0.05) is 34.5 Å². The molecule has 1 aliphatic heterocycles. The minimum atomic E-state index is -0.354. The predicted molar refractivity (Wildman–Crippen MR) is 123 cm³/mol. The minimum Gasteiger partial charge on any atom is -0.465 e. The number of hydrogen-bond acceptors (Lipinski definition) is 3. The van der Waals surface area contributed by atoms with Gasteiger partial charge in [-0.2, -0.15) is 0 Å². The van der Waals surface area contributed by atoms with Crippen LogP contribution in [0.3, 0.4) is 0 Å². The maximum Gasteiger partial charge on any atom is 0.337 e. The lowest BCUT2D eigenvalue weighted by Crippen LogP contribution is -2.19. The summed E-state index contributed by atoms with van der Waals surface area (Å²) >= 11 is 6.27. The lowest BCUT2D eigenvalue weighted by atomic mass is 9.81. The van der Waals surface area contributed by atoms with E-state index in [0.717, 1.165) is 40.7 Å². The van der Waals surface area contributed by atoms with Crippen molar-refractivity contribution in [1.29, 1.82) is 0 Å². The minimum absolute atomic E-state index is 0.0423. The molecule has 1 aromatic heterocycles. The number of hydrogen-bond donors (Lipinski definition) is 1. The first-order valence-corrected chi connectivity index (χ1v) is 11.3. The molecule has 5 nitrogen and oxygen atoms in total. The molecule has 1 amide bonds. The number of anilines is 1. The fraction of sp³-hybridized carbons (Fsp3) is 0.360. The molecule has 1 aliphatic carbocycles. The normalized spacial score (nSPS) is 16.8. The van der Waals surface area contributed by atoms with Crippen LogP contribution in [0.15, 0.2) is 36.4 Å². The number of nitrogens with one attached hydrogen (secondary N) is 1. The molecule has 0 radical (unpaired) electrons. The van der Waals surface area contributed by atoms with Crippen LogP contribution in [0.5, 0.6) is 0 Å². The van der Waals surface area contributed by atoms with E-state index in [9.17, 15) is 9.59 Å². The fourth-order valence-corrected chi connectivity index (χ4v) is 5.37. The molecule has 1 fully saturated rings. The summed E-state index contributed by atoms with van der Waals surface area (Å²) in [7, 11) is 1.40. The third kappa shape index (κ3) is 3.51. The first-order valence-electron chi connectivity index (χ1n) is 10.9. The van der Waals surface area contributed by atoms with E-state index in [1.165, 1.54) is 31.9 Å². The van der Waals surface area contributed by atoms with Crippen LogP contribution in [0.2, 0.25) is 5.02 Å². The van der Waals surface area contributed by atoms with Crippen molar-refractivity contribution in [3.05, 3.63) is 52.5 Å². The van der Waals surface area contributed by atoms with Crippen LogP contribution in [-0.4, -0.2) is 23.6 Å². The number of aryl methyl sites for hydroxylation is 1. The summed E-state index contributed by atoms with van der Waals surface area (Å²) < 4.78 is 7.18. The number of rotatable bonds is 2. The Morgan fingerprint density at radius 3 is 2.71 bits per heavy atom. The molecule has 31 heavy (non-hydrogen) atoms. The Kier molecular flexibility index (Phi) is 5.22. The van der Waals surface area contributed by atoms with E-state index in [4.69, 9.17) is 16.3 Å². The average Bonchev–Trinajstić information content (AvgIpc) is 3.09. The van der Waals surface area contributed by atoms with E-state index in [-0.39, 0.29) is 11.9 Å². The van der Waals surface area contributed by atoms with Gasteiger partial charge in [0.25, 0.3) is 0 Å². The molecule has 0 spiro atoms. The van der Waals surface area contributed by atoms with Gasteiger partial charge in [0.1, 0.15) is 0 Å². The molecule has 0 atom stereocenters. The quantitative estimate of drug-likeness (QED) is 0.491. The number of benzene rings is 2. The molecule has 0 unspecified atom stereocenters. The van der Waals surface area contributed by atoms with Crippen molar-refractivity contribution >= 4 is 40.1 Å². The molecule has 1 saturated carbocycles. The van der Waals surface area contributed by atoms with E-state index in [0.29, 0.717) is 29.5 Å². The Balaban J connectivity index is 1.84. The molecule has 2 aliphatic rings. The van der Waals surface area contributed by atoms with E-state index in [1.807, 2.05) is 36.4 Å². The van der Waals surface area contributed by atoms with Crippen molar-refractivity contribution < 1.29 is 14.3 Å². The van der Waals surface area contributed by atoms with Gasteiger partial charge in [-0.25, -0.2) is 4.79 Å². The van der Waals surface area contributed by atoms with Gasteiger partial charge in [-0.05, 0) is 54.7 Å². The molecule has 0 bridgehead atoms. The molecular formula is C25H25ClN2O3. The Morgan fingerprint density at radius 1 is 1.13 bits per heavy atom. The summed E-state index contributed by atoms with van der Waals surface area (Å²) in [4.78, 5) is 24.8. The highest BCUT2D eigenvalue weighted by atomic mass is 35.5. The number of nitrogens with zero attached hydrogens (tertiary/aromatic N) is 1. The largest absolute Gasteiger partial charge is 0.465 e. The summed E-state index contributed by atoms with van der Waals surface area (Å²) in [6.45, 7) is 0.553. The number of ether oxygens (including phenoxy) is 1. The number of amides is 1. The molecule has 2 aromatic carbocycles. The van der Waals surface area contributed by atoms with Crippen molar-refractivity contribution in [2.24, 2.45) is 0 Å². The molecule has 0 saturated heterocycles. The van der Waals surface area contributed by atoms with Crippen LogP contribution >= 0.6 is 11.6 Å². The molecule has 3 aromatic rings. The molecule has 6 heteroatoms. The first kappa shape index (κ1) is 20.1. The van der Waals surface area contributed by atoms with Gasteiger partial charge >= 0.3 is 5.97 Å².